The highest BCUT2D eigenvalue weighted by Crippen LogP contribution is 2.00. The Kier molecular flexibility index (Phi) is 13.6. The number of carboxylic acid groups (broad SMARTS) is 1. The lowest BCUT2D eigenvalue weighted by atomic mass is 10.1. The molecule has 0 saturated heterocycles. The van der Waals surface area contributed by atoms with Crippen LogP contribution in [0.2, 0.25) is 0 Å². The number of aliphatic carboxylic acids is 1. The average molecular weight is 388 g/mol. The largest absolute Gasteiger partial charge is 0.480 e. The lowest BCUT2D eigenvalue weighted by Gasteiger charge is -2.15. The van der Waals surface area contributed by atoms with Crippen LogP contribution in [0.4, 0.5) is 0 Å². The van der Waals surface area contributed by atoms with Crippen molar-refractivity contribution in [2.24, 2.45) is 17.2 Å². The third-order valence-electron chi connectivity index (χ3n) is 3.76. The normalized spacial score (nSPS) is 12.7. The van der Waals surface area contributed by atoms with E-state index < -0.39 is 42.3 Å². The van der Waals surface area contributed by atoms with Crippen molar-refractivity contribution in [3.63, 3.8) is 0 Å². The molecule has 0 heterocycles. The van der Waals surface area contributed by atoms with E-state index in [1.165, 1.54) is 0 Å². The van der Waals surface area contributed by atoms with Gasteiger partial charge in [0.15, 0.2) is 0 Å². The van der Waals surface area contributed by atoms with E-state index in [1.54, 1.807) is 0 Å². The van der Waals surface area contributed by atoms with Crippen molar-refractivity contribution < 1.29 is 24.3 Å². The van der Waals surface area contributed by atoms with Crippen LogP contribution in [0.1, 0.15) is 38.5 Å². The maximum absolute atomic E-state index is 11.8. The molecule has 0 saturated carbocycles. The molecular formula is C16H32N6O5. The van der Waals surface area contributed by atoms with E-state index in [-0.39, 0.29) is 13.0 Å². The minimum absolute atomic E-state index is 0.254. The molecule has 156 valence electrons. The van der Waals surface area contributed by atoms with Gasteiger partial charge in [0.05, 0.1) is 19.1 Å². The molecule has 0 aromatic heterocycles. The van der Waals surface area contributed by atoms with Gasteiger partial charge in [0.25, 0.3) is 0 Å². The van der Waals surface area contributed by atoms with E-state index in [0.717, 1.165) is 6.42 Å². The first-order chi connectivity index (χ1) is 12.8. The Balaban J connectivity index is 4.09. The molecule has 11 nitrogen and oxygen atoms in total. The molecule has 0 fully saturated rings. The molecular weight excluding hydrogens is 356 g/mol. The fourth-order valence-electron chi connectivity index (χ4n) is 2.18. The lowest BCUT2D eigenvalue weighted by molar-refractivity contribution is -0.142. The average Bonchev–Trinajstić information content (AvgIpc) is 2.63. The number of nitrogens with two attached hydrogens (primary N) is 3. The van der Waals surface area contributed by atoms with Crippen LogP contribution in [0.15, 0.2) is 0 Å². The molecule has 0 bridgehead atoms. The third kappa shape index (κ3) is 12.7. The van der Waals surface area contributed by atoms with E-state index in [4.69, 9.17) is 22.3 Å². The van der Waals surface area contributed by atoms with Gasteiger partial charge in [0.1, 0.15) is 6.04 Å². The van der Waals surface area contributed by atoms with Crippen LogP contribution in [-0.4, -0.2) is 67.1 Å². The lowest BCUT2D eigenvalue weighted by Crippen LogP contribution is -2.48. The Labute approximate surface area is 158 Å². The van der Waals surface area contributed by atoms with Crippen molar-refractivity contribution in [1.82, 2.24) is 16.0 Å². The summed E-state index contributed by atoms with van der Waals surface area (Å²) in [5.74, 6) is -2.82. The molecule has 0 aliphatic rings. The van der Waals surface area contributed by atoms with E-state index in [1.807, 2.05) is 0 Å². The van der Waals surface area contributed by atoms with E-state index >= 15 is 0 Å². The summed E-state index contributed by atoms with van der Waals surface area (Å²) in [4.78, 5) is 46.3. The molecule has 10 N–H and O–H groups in total. The third-order valence-corrected chi connectivity index (χ3v) is 3.76. The van der Waals surface area contributed by atoms with Gasteiger partial charge >= 0.3 is 5.97 Å². The minimum atomic E-state index is -1.15. The highest BCUT2D eigenvalue weighted by Gasteiger charge is 2.19. The quantitative estimate of drug-likeness (QED) is 0.147. The summed E-state index contributed by atoms with van der Waals surface area (Å²) in [7, 11) is 0. The summed E-state index contributed by atoms with van der Waals surface area (Å²) >= 11 is 0. The number of carbonyl (C=O) groups excluding carboxylic acids is 3. The van der Waals surface area contributed by atoms with E-state index in [2.05, 4.69) is 16.0 Å². The monoisotopic (exact) mass is 388 g/mol. The van der Waals surface area contributed by atoms with Crippen molar-refractivity contribution in [2.75, 3.05) is 26.2 Å². The maximum atomic E-state index is 11.8. The van der Waals surface area contributed by atoms with E-state index in [0.29, 0.717) is 38.8 Å². The summed E-state index contributed by atoms with van der Waals surface area (Å²) in [6, 6.07) is -1.76. The number of amides is 3. The van der Waals surface area contributed by atoms with Crippen LogP contribution in [0.25, 0.3) is 0 Å². The number of unbranched alkanes of at least 4 members (excludes halogenated alkanes) is 2. The predicted octanol–water partition coefficient (Wildman–Crippen LogP) is -2.63. The van der Waals surface area contributed by atoms with Crippen molar-refractivity contribution >= 4 is 23.7 Å². The first kappa shape index (κ1) is 24.8. The van der Waals surface area contributed by atoms with Gasteiger partial charge in [-0.25, -0.2) is 4.79 Å². The number of hydrogen-bond donors (Lipinski definition) is 7. The SMILES string of the molecule is NCCCCC(N)C(=O)NCC(=O)NCC(=O)NC(CCCCN)C(=O)O. The molecule has 0 radical (unpaired) electrons. The van der Waals surface area contributed by atoms with Crippen LogP contribution >= 0.6 is 0 Å². The van der Waals surface area contributed by atoms with Crippen LogP contribution < -0.4 is 33.2 Å². The highest BCUT2D eigenvalue weighted by atomic mass is 16.4. The topological polar surface area (TPSA) is 203 Å². The highest BCUT2D eigenvalue weighted by molar-refractivity contribution is 5.90. The summed E-state index contributed by atoms with van der Waals surface area (Å²) in [6.45, 7) is 0.251. The molecule has 27 heavy (non-hydrogen) atoms. The van der Waals surface area contributed by atoms with Gasteiger partial charge in [0.2, 0.25) is 17.7 Å². The summed E-state index contributed by atoms with van der Waals surface area (Å²) in [5.41, 5.74) is 16.4. The van der Waals surface area contributed by atoms with Gasteiger partial charge in [-0.3, -0.25) is 14.4 Å². The Morgan fingerprint density at radius 2 is 1.37 bits per heavy atom. The molecule has 0 aromatic rings. The van der Waals surface area contributed by atoms with Crippen molar-refractivity contribution in [1.29, 1.82) is 0 Å². The standard InChI is InChI=1S/C16H32N6O5/c17-7-3-1-5-11(19)15(25)21-9-13(23)20-10-14(24)22-12(16(26)27)6-2-4-8-18/h11-12H,1-10,17-19H2,(H,20,23)(H,21,25)(H,22,24)(H,26,27). The smallest absolute Gasteiger partial charge is 0.326 e. The van der Waals surface area contributed by atoms with E-state index in [9.17, 15) is 19.2 Å². The molecule has 3 amide bonds. The molecule has 0 aliphatic heterocycles. The Hall–Kier alpha value is -2.24. The van der Waals surface area contributed by atoms with Gasteiger partial charge in [0, 0.05) is 0 Å². The van der Waals surface area contributed by atoms with Gasteiger partial charge in [-0.15, -0.1) is 0 Å². The summed E-state index contributed by atoms with van der Waals surface area (Å²) in [5, 5.41) is 16.1. The van der Waals surface area contributed by atoms with Crippen LogP contribution in [0, 0.1) is 0 Å². The zero-order chi connectivity index (χ0) is 20.7. The molecule has 2 unspecified atom stereocenters. The molecule has 0 rings (SSSR count). The van der Waals surface area contributed by atoms with Crippen LogP contribution in [-0.2, 0) is 19.2 Å². The first-order valence-electron chi connectivity index (χ1n) is 9.04. The second-order valence-corrected chi connectivity index (χ2v) is 6.13. The van der Waals surface area contributed by atoms with Gasteiger partial charge < -0.3 is 38.3 Å². The Bertz CT molecular complexity index is 488. The Morgan fingerprint density at radius 1 is 0.815 bits per heavy atom. The number of carboxylic acids is 1. The molecule has 11 heteroatoms. The maximum Gasteiger partial charge on any atom is 0.326 e. The Morgan fingerprint density at radius 3 is 1.93 bits per heavy atom. The first-order valence-corrected chi connectivity index (χ1v) is 9.04. The summed E-state index contributed by atoms with van der Waals surface area (Å²) in [6.07, 6.45) is 3.42. The zero-order valence-electron chi connectivity index (χ0n) is 15.5. The van der Waals surface area contributed by atoms with Crippen molar-refractivity contribution in [3.8, 4) is 0 Å². The number of nitrogens with one attached hydrogen (secondary N) is 3. The van der Waals surface area contributed by atoms with Gasteiger partial charge in [-0.05, 0) is 45.2 Å². The van der Waals surface area contributed by atoms with Crippen molar-refractivity contribution in [3.05, 3.63) is 0 Å². The predicted molar refractivity (Wildman–Crippen MR) is 99.4 cm³/mol. The fourth-order valence-corrected chi connectivity index (χ4v) is 2.18. The van der Waals surface area contributed by atoms with Crippen molar-refractivity contribution in [2.45, 2.75) is 50.6 Å². The molecule has 0 spiro atoms. The summed E-state index contributed by atoms with van der Waals surface area (Å²) < 4.78 is 0. The van der Waals surface area contributed by atoms with Crippen LogP contribution in [0.3, 0.4) is 0 Å². The van der Waals surface area contributed by atoms with Crippen LogP contribution in [0.5, 0.6) is 0 Å². The second kappa shape index (κ2) is 14.9. The number of carbonyl (C=O) groups is 4. The van der Waals surface area contributed by atoms with Gasteiger partial charge in [-0.1, -0.05) is 6.42 Å². The molecule has 0 aromatic carbocycles. The minimum Gasteiger partial charge on any atom is -0.480 e. The zero-order valence-corrected chi connectivity index (χ0v) is 15.5. The number of hydrogen-bond acceptors (Lipinski definition) is 7. The molecule has 0 aliphatic carbocycles. The van der Waals surface area contributed by atoms with Gasteiger partial charge in [-0.2, -0.15) is 0 Å². The number of rotatable bonds is 15. The fraction of sp³-hybridized carbons (Fsp3) is 0.750. The molecule has 2 atom stereocenters. The second-order valence-electron chi connectivity index (χ2n) is 6.13.